The number of benzene rings is 1. The molecule has 0 bridgehead atoms. The lowest BCUT2D eigenvalue weighted by atomic mass is 10.1. The first kappa shape index (κ1) is 15.0. The summed E-state index contributed by atoms with van der Waals surface area (Å²) < 4.78 is 5.17. The molecule has 18 heavy (non-hydrogen) atoms. The van der Waals surface area contributed by atoms with Crippen LogP contribution in [0.25, 0.3) is 0 Å². The van der Waals surface area contributed by atoms with E-state index in [1.165, 1.54) is 5.56 Å². The molecule has 1 atom stereocenters. The lowest BCUT2D eigenvalue weighted by molar-refractivity contribution is 0.228. The molecule has 0 aliphatic carbocycles. The van der Waals surface area contributed by atoms with Crippen molar-refractivity contribution in [3.05, 3.63) is 29.8 Å². The van der Waals surface area contributed by atoms with Gasteiger partial charge in [0.25, 0.3) is 0 Å². The van der Waals surface area contributed by atoms with Gasteiger partial charge in [0.15, 0.2) is 0 Å². The maximum Gasteiger partial charge on any atom is 0.118 e. The molecular weight excluding hydrogens is 224 g/mol. The molecular formula is C15H26N2O. The van der Waals surface area contributed by atoms with E-state index in [-0.39, 0.29) is 0 Å². The average molecular weight is 250 g/mol. The molecule has 0 aliphatic rings. The summed E-state index contributed by atoms with van der Waals surface area (Å²) in [5, 5.41) is 0. The van der Waals surface area contributed by atoms with Gasteiger partial charge in [0, 0.05) is 19.1 Å². The number of likely N-dealkylation sites (N-methyl/N-ethyl adjacent to an activating group) is 2. The topological polar surface area (TPSA) is 15.7 Å². The van der Waals surface area contributed by atoms with E-state index >= 15 is 0 Å². The molecule has 0 saturated carbocycles. The summed E-state index contributed by atoms with van der Waals surface area (Å²) in [5.41, 5.74) is 1.36. The number of rotatable bonds is 7. The fourth-order valence-corrected chi connectivity index (χ4v) is 1.84. The van der Waals surface area contributed by atoms with Gasteiger partial charge in [0.1, 0.15) is 5.75 Å². The van der Waals surface area contributed by atoms with E-state index < -0.39 is 0 Å². The van der Waals surface area contributed by atoms with Gasteiger partial charge in [0.2, 0.25) is 0 Å². The molecule has 0 fully saturated rings. The van der Waals surface area contributed by atoms with Crippen LogP contribution in [0.2, 0.25) is 0 Å². The van der Waals surface area contributed by atoms with Crippen LogP contribution in [0.1, 0.15) is 12.5 Å². The van der Waals surface area contributed by atoms with Crippen LogP contribution >= 0.6 is 0 Å². The molecule has 0 radical (unpaired) electrons. The van der Waals surface area contributed by atoms with Crippen molar-refractivity contribution in [1.29, 1.82) is 0 Å². The predicted octanol–water partition coefficient (Wildman–Crippen LogP) is 2.12. The van der Waals surface area contributed by atoms with Crippen molar-refractivity contribution >= 4 is 0 Å². The molecule has 102 valence electrons. The smallest absolute Gasteiger partial charge is 0.118 e. The van der Waals surface area contributed by atoms with Gasteiger partial charge in [-0.3, -0.25) is 0 Å². The molecule has 0 saturated heterocycles. The van der Waals surface area contributed by atoms with Gasteiger partial charge in [0.05, 0.1) is 7.11 Å². The normalized spacial score (nSPS) is 13.1. The summed E-state index contributed by atoms with van der Waals surface area (Å²) in [4.78, 5) is 4.63. The minimum Gasteiger partial charge on any atom is -0.497 e. The highest BCUT2D eigenvalue weighted by atomic mass is 16.5. The van der Waals surface area contributed by atoms with Crippen LogP contribution in [-0.4, -0.2) is 57.2 Å². The van der Waals surface area contributed by atoms with Crippen LogP contribution in [0.3, 0.4) is 0 Å². The number of nitrogens with zero attached hydrogens (tertiary/aromatic N) is 2. The summed E-state index contributed by atoms with van der Waals surface area (Å²) in [5.74, 6) is 0.923. The monoisotopic (exact) mass is 250 g/mol. The van der Waals surface area contributed by atoms with Crippen LogP contribution in [-0.2, 0) is 6.42 Å². The largest absolute Gasteiger partial charge is 0.497 e. The summed E-state index contributed by atoms with van der Waals surface area (Å²) in [6.45, 7) is 4.48. The Labute approximate surface area is 111 Å². The Morgan fingerprint density at radius 2 is 1.67 bits per heavy atom. The van der Waals surface area contributed by atoms with Crippen molar-refractivity contribution in [3.8, 4) is 5.75 Å². The van der Waals surface area contributed by atoms with Gasteiger partial charge in [-0.25, -0.2) is 0 Å². The van der Waals surface area contributed by atoms with Crippen molar-refractivity contribution in [3.63, 3.8) is 0 Å². The Bertz CT molecular complexity index is 335. The molecule has 1 aromatic rings. The quantitative estimate of drug-likeness (QED) is 0.737. The van der Waals surface area contributed by atoms with Crippen molar-refractivity contribution < 1.29 is 4.74 Å². The number of hydrogen-bond acceptors (Lipinski definition) is 3. The Morgan fingerprint density at radius 3 is 2.17 bits per heavy atom. The molecule has 3 nitrogen and oxygen atoms in total. The molecule has 0 aliphatic heterocycles. The fraction of sp³-hybridized carbons (Fsp3) is 0.600. The lowest BCUT2D eigenvalue weighted by Crippen LogP contribution is -2.36. The van der Waals surface area contributed by atoms with Crippen molar-refractivity contribution in [2.45, 2.75) is 19.4 Å². The Hall–Kier alpha value is -1.06. The number of methoxy groups -OCH3 is 1. The maximum absolute atomic E-state index is 5.17. The van der Waals surface area contributed by atoms with Crippen LogP contribution in [0.4, 0.5) is 0 Å². The highest BCUT2D eigenvalue weighted by Gasteiger charge is 2.10. The third-order valence-corrected chi connectivity index (χ3v) is 3.34. The van der Waals surface area contributed by atoms with Gasteiger partial charge in [-0.2, -0.15) is 0 Å². The van der Waals surface area contributed by atoms with E-state index in [1.54, 1.807) is 7.11 Å². The second kappa shape index (κ2) is 7.39. The molecule has 1 aromatic carbocycles. The SMILES string of the molecule is COc1ccc(C[C@@H](C)N(C)CCN(C)C)cc1. The van der Waals surface area contributed by atoms with E-state index in [1.807, 2.05) is 12.1 Å². The standard InChI is InChI=1S/C15H26N2O/c1-13(17(4)11-10-16(2)3)12-14-6-8-15(18-5)9-7-14/h6-9,13H,10-12H2,1-5H3/t13-/m1/s1. The summed E-state index contributed by atoms with van der Waals surface area (Å²) in [6.07, 6.45) is 1.08. The van der Waals surface area contributed by atoms with Crippen LogP contribution < -0.4 is 4.74 Å². The van der Waals surface area contributed by atoms with E-state index in [2.05, 4.69) is 50.0 Å². The summed E-state index contributed by atoms with van der Waals surface area (Å²) >= 11 is 0. The minimum absolute atomic E-state index is 0.554. The Kier molecular flexibility index (Phi) is 6.16. The average Bonchev–Trinajstić information content (AvgIpc) is 2.36. The third-order valence-electron chi connectivity index (χ3n) is 3.34. The minimum atomic E-state index is 0.554. The highest BCUT2D eigenvalue weighted by Crippen LogP contribution is 2.13. The number of ether oxygens (including phenoxy) is 1. The molecule has 0 aromatic heterocycles. The highest BCUT2D eigenvalue weighted by molar-refractivity contribution is 5.27. The first-order valence-electron chi connectivity index (χ1n) is 6.51. The zero-order valence-corrected chi connectivity index (χ0v) is 12.3. The third kappa shape index (κ3) is 5.07. The molecule has 3 heteroatoms. The molecule has 0 spiro atoms. The van der Waals surface area contributed by atoms with E-state index in [4.69, 9.17) is 4.74 Å². The van der Waals surface area contributed by atoms with E-state index in [0.717, 1.165) is 25.3 Å². The molecule has 1 rings (SSSR count). The zero-order chi connectivity index (χ0) is 13.5. The summed E-state index contributed by atoms with van der Waals surface area (Å²) in [7, 11) is 8.12. The summed E-state index contributed by atoms with van der Waals surface area (Å²) in [6, 6.07) is 8.91. The molecule has 0 heterocycles. The Balaban J connectivity index is 2.44. The Morgan fingerprint density at radius 1 is 1.06 bits per heavy atom. The number of hydrogen-bond donors (Lipinski definition) is 0. The van der Waals surface area contributed by atoms with Gasteiger partial charge in [-0.15, -0.1) is 0 Å². The van der Waals surface area contributed by atoms with Crippen molar-refractivity contribution in [2.75, 3.05) is 41.3 Å². The van der Waals surface area contributed by atoms with Crippen molar-refractivity contribution in [1.82, 2.24) is 9.80 Å². The lowest BCUT2D eigenvalue weighted by Gasteiger charge is -2.26. The first-order valence-corrected chi connectivity index (χ1v) is 6.51. The van der Waals surface area contributed by atoms with E-state index in [0.29, 0.717) is 6.04 Å². The van der Waals surface area contributed by atoms with Crippen LogP contribution in [0.15, 0.2) is 24.3 Å². The van der Waals surface area contributed by atoms with Gasteiger partial charge < -0.3 is 14.5 Å². The molecule has 0 unspecified atom stereocenters. The van der Waals surface area contributed by atoms with Crippen LogP contribution in [0.5, 0.6) is 5.75 Å². The molecule has 0 N–H and O–H groups in total. The second-order valence-corrected chi connectivity index (χ2v) is 5.19. The fourth-order valence-electron chi connectivity index (χ4n) is 1.84. The predicted molar refractivity (Wildman–Crippen MR) is 77.3 cm³/mol. The maximum atomic E-state index is 5.17. The molecule has 0 amide bonds. The first-order chi connectivity index (χ1) is 8.52. The van der Waals surface area contributed by atoms with Gasteiger partial charge >= 0.3 is 0 Å². The van der Waals surface area contributed by atoms with Gasteiger partial charge in [-0.1, -0.05) is 12.1 Å². The zero-order valence-electron chi connectivity index (χ0n) is 12.3. The van der Waals surface area contributed by atoms with Crippen LogP contribution in [0, 0.1) is 0 Å². The second-order valence-electron chi connectivity index (χ2n) is 5.19. The van der Waals surface area contributed by atoms with E-state index in [9.17, 15) is 0 Å². The van der Waals surface area contributed by atoms with Crippen molar-refractivity contribution in [2.24, 2.45) is 0 Å². The van der Waals surface area contributed by atoms with Gasteiger partial charge in [-0.05, 0) is 52.2 Å².